The van der Waals surface area contributed by atoms with Crippen LogP contribution in [0.5, 0.6) is 0 Å². The SMILES string of the molecule is CCCC1(C(=O)NC2CCN(C)C(C)C2)CCCN1. The van der Waals surface area contributed by atoms with Gasteiger partial charge in [0, 0.05) is 18.6 Å². The highest BCUT2D eigenvalue weighted by atomic mass is 16.2. The molecule has 2 aliphatic heterocycles. The van der Waals surface area contributed by atoms with E-state index >= 15 is 0 Å². The van der Waals surface area contributed by atoms with E-state index < -0.39 is 0 Å². The third-order valence-corrected chi connectivity index (χ3v) is 4.90. The van der Waals surface area contributed by atoms with Gasteiger partial charge < -0.3 is 15.5 Å². The van der Waals surface area contributed by atoms with Gasteiger partial charge >= 0.3 is 0 Å². The van der Waals surface area contributed by atoms with E-state index in [1.807, 2.05) is 0 Å². The molecule has 2 N–H and O–H groups in total. The van der Waals surface area contributed by atoms with Gasteiger partial charge in [-0.25, -0.2) is 0 Å². The summed E-state index contributed by atoms with van der Waals surface area (Å²) in [5.74, 6) is 0.244. The first-order chi connectivity index (χ1) is 9.07. The zero-order chi connectivity index (χ0) is 13.9. The van der Waals surface area contributed by atoms with E-state index in [9.17, 15) is 4.79 Å². The normalized spacial score (nSPS) is 36.4. The lowest BCUT2D eigenvalue weighted by molar-refractivity contribution is -0.128. The molecule has 3 atom stereocenters. The molecule has 2 saturated heterocycles. The van der Waals surface area contributed by atoms with Gasteiger partial charge in [-0.05, 0) is 52.6 Å². The van der Waals surface area contributed by atoms with E-state index in [0.29, 0.717) is 12.1 Å². The van der Waals surface area contributed by atoms with E-state index in [1.165, 1.54) is 0 Å². The Bertz CT molecular complexity index is 313. The molecule has 2 heterocycles. The lowest BCUT2D eigenvalue weighted by atomic mass is 9.89. The number of hydrogen-bond donors (Lipinski definition) is 2. The Hall–Kier alpha value is -0.610. The molecule has 2 rings (SSSR count). The van der Waals surface area contributed by atoms with Gasteiger partial charge in [-0.3, -0.25) is 4.79 Å². The average molecular weight is 267 g/mol. The fraction of sp³-hybridized carbons (Fsp3) is 0.933. The predicted octanol–water partition coefficient (Wildman–Crippen LogP) is 1.51. The molecule has 2 aliphatic rings. The fourth-order valence-corrected chi connectivity index (χ4v) is 3.50. The van der Waals surface area contributed by atoms with E-state index in [0.717, 1.165) is 51.6 Å². The molecule has 2 fully saturated rings. The summed E-state index contributed by atoms with van der Waals surface area (Å²) in [4.78, 5) is 15.0. The molecule has 19 heavy (non-hydrogen) atoms. The van der Waals surface area contributed by atoms with Gasteiger partial charge in [0.1, 0.15) is 0 Å². The predicted molar refractivity (Wildman–Crippen MR) is 78.1 cm³/mol. The molecular formula is C15H29N3O. The molecule has 0 aliphatic carbocycles. The summed E-state index contributed by atoms with van der Waals surface area (Å²) in [7, 11) is 2.17. The maximum Gasteiger partial charge on any atom is 0.240 e. The Labute approximate surface area is 117 Å². The number of piperidine rings is 1. The second kappa shape index (κ2) is 6.23. The maximum absolute atomic E-state index is 12.6. The topological polar surface area (TPSA) is 44.4 Å². The van der Waals surface area contributed by atoms with E-state index in [-0.39, 0.29) is 11.4 Å². The first kappa shape index (κ1) is 14.8. The molecule has 0 aromatic carbocycles. The molecular weight excluding hydrogens is 238 g/mol. The maximum atomic E-state index is 12.6. The van der Waals surface area contributed by atoms with Crippen LogP contribution in [-0.4, -0.2) is 48.6 Å². The minimum absolute atomic E-state index is 0.244. The van der Waals surface area contributed by atoms with Gasteiger partial charge in [0.05, 0.1) is 5.54 Å². The molecule has 0 saturated carbocycles. The van der Waals surface area contributed by atoms with Gasteiger partial charge in [0.25, 0.3) is 0 Å². The summed E-state index contributed by atoms with van der Waals surface area (Å²) in [5, 5.41) is 6.77. The molecule has 3 unspecified atom stereocenters. The zero-order valence-electron chi connectivity index (χ0n) is 12.7. The van der Waals surface area contributed by atoms with Crippen LogP contribution in [0, 0.1) is 0 Å². The zero-order valence-corrected chi connectivity index (χ0v) is 12.7. The van der Waals surface area contributed by atoms with Crippen molar-refractivity contribution in [2.24, 2.45) is 0 Å². The van der Waals surface area contributed by atoms with Crippen molar-refractivity contribution in [1.82, 2.24) is 15.5 Å². The minimum atomic E-state index is -0.276. The summed E-state index contributed by atoms with van der Waals surface area (Å²) in [6, 6.07) is 0.924. The van der Waals surface area contributed by atoms with Crippen LogP contribution in [0.25, 0.3) is 0 Å². The van der Waals surface area contributed by atoms with Crippen LogP contribution in [0.1, 0.15) is 52.4 Å². The quantitative estimate of drug-likeness (QED) is 0.811. The monoisotopic (exact) mass is 267 g/mol. The first-order valence-electron chi connectivity index (χ1n) is 7.83. The fourth-order valence-electron chi connectivity index (χ4n) is 3.50. The van der Waals surface area contributed by atoms with Crippen LogP contribution >= 0.6 is 0 Å². The van der Waals surface area contributed by atoms with Gasteiger partial charge in [-0.1, -0.05) is 13.3 Å². The summed E-state index contributed by atoms with van der Waals surface area (Å²) >= 11 is 0. The van der Waals surface area contributed by atoms with Crippen LogP contribution in [0.3, 0.4) is 0 Å². The van der Waals surface area contributed by atoms with Crippen molar-refractivity contribution in [3.8, 4) is 0 Å². The minimum Gasteiger partial charge on any atom is -0.352 e. The molecule has 0 radical (unpaired) electrons. The Morgan fingerprint density at radius 1 is 1.53 bits per heavy atom. The first-order valence-corrected chi connectivity index (χ1v) is 7.83. The van der Waals surface area contributed by atoms with Crippen molar-refractivity contribution in [3.63, 3.8) is 0 Å². The smallest absolute Gasteiger partial charge is 0.240 e. The van der Waals surface area contributed by atoms with Crippen LogP contribution < -0.4 is 10.6 Å². The molecule has 110 valence electrons. The molecule has 1 amide bonds. The molecule has 0 spiro atoms. The number of carbonyl (C=O) groups is 1. The Balaban J connectivity index is 1.92. The summed E-state index contributed by atoms with van der Waals surface area (Å²) in [5.41, 5.74) is -0.276. The third-order valence-electron chi connectivity index (χ3n) is 4.90. The number of nitrogens with one attached hydrogen (secondary N) is 2. The number of rotatable bonds is 4. The van der Waals surface area contributed by atoms with Crippen molar-refractivity contribution < 1.29 is 4.79 Å². The molecule has 0 aromatic heterocycles. The van der Waals surface area contributed by atoms with Gasteiger partial charge in [-0.2, -0.15) is 0 Å². The second-order valence-corrected chi connectivity index (χ2v) is 6.39. The van der Waals surface area contributed by atoms with Gasteiger partial charge in [-0.15, -0.1) is 0 Å². The Morgan fingerprint density at radius 3 is 2.89 bits per heavy atom. The summed E-state index contributed by atoms with van der Waals surface area (Å²) in [6.45, 7) is 6.47. The highest BCUT2D eigenvalue weighted by Gasteiger charge is 2.41. The van der Waals surface area contributed by atoms with Crippen LogP contribution in [0.15, 0.2) is 0 Å². The van der Waals surface area contributed by atoms with Gasteiger partial charge in [0.15, 0.2) is 0 Å². The standard InChI is InChI=1S/C15H29N3O/c1-4-7-15(8-5-9-16-15)14(19)17-13-6-10-18(3)12(2)11-13/h12-13,16H,4-11H2,1-3H3,(H,17,19). The van der Waals surface area contributed by atoms with Crippen molar-refractivity contribution in [2.45, 2.75) is 70.0 Å². The third kappa shape index (κ3) is 3.29. The van der Waals surface area contributed by atoms with E-state index in [1.54, 1.807) is 0 Å². The molecule has 0 aromatic rings. The van der Waals surface area contributed by atoms with E-state index in [4.69, 9.17) is 0 Å². The van der Waals surface area contributed by atoms with Gasteiger partial charge in [0.2, 0.25) is 5.91 Å². The van der Waals surface area contributed by atoms with Crippen LogP contribution in [-0.2, 0) is 4.79 Å². The lowest BCUT2D eigenvalue weighted by Gasteiger charge is -2.37. The van der Waals surface area contributed by atoms with Crippen LogP contribution in [0.4, 0.5) is 0 Å². The largest absolute Gasteiger partial charge is 0.352 e. The van der Waals surface area contributed by atoms with Crippen molar-refractivity contribution >= 4 is 5.91 Å². The summed E-state index contributed by atoms with van der Waals surface area (Å²) in [6.07, 6.45) is 6.29. The van der Waals surface area contributed by atoms with Crippen LogP contribution in [0.2, 0.25) is 0 Å². The number of nitrogens with zero attached hydrogens (tertiary/aromatic N) is 1. The number of amides is 1. The van der Waals surface area contributed by atoms with Crippen molar-refractivity contribution in [2.75, 3.05) is 20.1 Å². The second-order valence-electron chi connectivity index (χ2n) is 6.39. The molecule has 4 heteroatoms. The number of likely N-dealkylation sites (tertiary alicyclic amines) is 1. The number of carbonyl (C=O) groups excluding carboxylic acids is 1. The van der Waals surface area contributed by atoms with E-state index in [2.05, 4.69) is 36.4 Å². The number of hydrogen-bond acceptors (Lipinski definition) is 3. The molecule has 0 bridgehead atoms. The Kier molecular flexibility index (Phi) is 4.85. The van der Waals surface area contributed by atoms with Crippen molar-refractivity contribution in [3.05, 3.63) is 0 Å². The Morgan fingerprint density at radius 2 is 2.32 bits per heavy atom. The summed E-state index contributed by atoms with van der Waals surface area (Å²) < 4.78 is 0. The molecule has 4 nitrogen and oxygen atoms in total. The lowest BCUT2D eigenvalue weighted by Crippen LogP contribution is -2.57. The highest BCUT2D eigenvalue weighted by molar-refractivity contribution is 5.87. The van der Waals surface area contributed by atoms with Crippen molar-refractivity contribution in [1.29, 1.82) is 0 Å². The average Bonchev–Trinajstić information content (AvgIpc) is 2.84. The highest BCUT2D eigenvalue weighted by Crippen LogP contribution is 2.26.